The molecule has 0 amide bonds. The molecule has 2 atom stereocenters. The Hall–Kier alpha value is -1.55. The molecule has 4 heteroatoms. The summed E-state index contributed by atoms with van der Waals surface area (Å²) in [7, 11) is 1.78. The molecule has 1 aromatic rings. The van der Waals surface area contributed by atoms with Gasteiger partial charge < -0.3 is 14.7 Å². The largest absolute Gasteiger partial charge is 0.490 e. The molecule has 21 heavy (non-hydrogen) atoms. The smallest absolute Gasteiger partial charge is 0.119 e. The van der Waals surface area contributed by atoms with E-state index in [1.54, 1.807) is 7.11 Å². The lowest BCUT2D eigenvalue weighted by Crippen LogP contribution is -2.29. The Morgan fingerprint density at radius 3 is 2.62 bits per heavy atom. The topological polar surface area (TPSA) is 51.0 Å². The lowest BCUT2D eigenvalue weighted by atomic mass is 9.95. The van der Waals surface area contributed by atoms with Crippen LogP contribution in [0.15, 0.2) is 29.4 Å². The first-order chi connectivity index (χ1) is 10.2. The van der Waals surface area contributed by atoms with Crippen LogP contribution in [0, 0.1) is 0 Å². The van der Waals surface area contributed by atoms with Crippen LogP contribution in [0.25, 0.3) is 0 Å². The van der Waals surface area contributed by atoms with Gasteiger partial charge in [0.2, 0.25) is 0 Å². The third kappa shape index (κ3) is 5.05. The Labute approximate surface area is 126 Å². The van der Waals surface area contributed by atoms with Crippen molar-refractivity contribution in [2.24, 2.45) is 5.16 Å². The number of hydrogen-bond donors (Lipinski definition) is 1. The second-order valence-corrected chi connectivity index (χ2v) is 5.74. The number of nitrogens with zero attached hydrogens (tertiary/aromatic N) is 1. The van der Waals surface area contributed by atoms with Crippen molar-refractivity contribution in [3.8, 4) is 5.75 Å². The van der Waals surface area contributed by atoms with Crippen LogP contribution in [0.1, 0.15) is 44.6 Å². The van der Waals surface area contributed by atoms with Crippen molar-refractivity contribution in [2.75, 3.05) is 7.11 Å². The van der Waals surface area contributed by atoms with Gasteiger partial charge in [-0.05, 0) is 56.7 Å². The molecular weight excluding hydrogens is 266 g/mol. The van der Waals surface area contributed by atoms with Crippen LogP contribution in [0.4, 0.5) is 0 Å². The highest BCUT2D eigenvalue weighted by molar-refractivity contribution is 5.81. The summed E-state index contributed by atoms with van der Waals surface area (Å²) in [4.78, 5) is 0. The monoisotopic (exact) mass is 291 g/mol. The van der Waals surface area contributed by atoms with Gasteiger partial charge >= 0.3 is 0 Å². The highest BCUT2D eigenvalue weighted by Crippen LogP contribution is 2.25. The van der Waals surface area contributed by atoms with Crippen molar-refractivity contribution in [2.45, 2.75) is 57.7 Å². The van der Waals surface area contributed by atoms with E-state index in [0.29, 0.717) is 6.10 Å². The molecule has 2 rings (SSSR count). The van der Waals surface area contributed by atoms with E-state index in [-0.39, 0.29) is 6.10 Å². The zero-order chi connectivity index (χ0) is 15.1. The molecule has 1 fully saturated rings. The lowest BCUT2D eigenvalue weighted by molar-refractivity contribution is 0.0209. The number of benzene rings is 1. The number of oxime groups is 1. The molecule has 116 valence electrons. The Morgan fingerprint density at radius 2 is 1.95 bits per heavy atom. The van der Waals surface area contributed by atoms with E-state index < -0.39 is 0 Å². The SMILES string of the molecule is COC1CCCC(Oc2ccc(CCC(C)=NO)cc2)C1. The minimum absolute atomic E-state index is 0.262. The van der Waals surface area contributed by atoms with Crippen molar-refractivity contribution in [1.82, 2.24) is 0 Å². The Kier molecular flexibility index (Phi) is 6.05. The van der Waals surface area contributed by atoms with Crippen molar-refractivity contribution in [1.29, 1.82) is 0 Å². The van der Waals surface area contributed by atoms with Crippen LogP contribution in [0.3, 0.4) is 0 Å². The summed E-state index contributed by atoms with van der Waals surface area (Å²) in [5, 5.41) is 11.8. The van der Waals surface area contributed by atoms with Gasteiger partial charge in [-0.3, -0.25) is 0 Å². The fraction of sp³-hybridized carbons (Fsp3) is 0.588. The molecule has 1 aliphatic rings. The molecule has 1 N–H and O–H groups in total. The predicted octanol–water partition coefficient (Wildman–Crippen LogP) is 3.81. The lowest BCUT2D eigenvalue weighted by Gasteiger charge is -2.28. The summed E-state index contributed by atoms with van der Waals surface area (Å²) in [6, 6.07) is 8.21. The van der Waals surface area contributed by atoms with Crippen LogP contribution in [0.5, 0.6) is 5.75 Å². The Morgan fingerprint density at radius 1 is 1.24 bits per heavy atom. The van der Waals surface area contributed by atoms with Crippen molar-refractivity contribution < 1.29 is 14.7 Å². The Balaban J connectivity index is 1.84. The molecule has 0 saturated heterocycles. The van der Waals surface area contributed by atoms with Gasteiger partial charge in [0, 0.05) is 13.5 Å². The van der Waals surface area contributed by atoms with Gasteiger partial charge in [0.05, 0.1) is 11.8 Å². The summed E-state index contributed by atoms with van der Waals surface area (Å²) in [6.45, 7) is 1.83. The van der Waals surface area contributed by atoms with Gasteiger partial charge in [0.15, 0.2) is 0 Å². The van der Waals surface area contributed by atoms with E-state index in [9.17, 15) is 0 Å². The van der Waals surface area contributed by atoms with Gasteiger partial charge in [0.1, 0.15) is 11.9 Å². The quantitative estimate of drug-likeness (QED) is 0.492. The maximum atomic E-state index is 8.64. The molecule has 0 aromatic heterocycles. The summed E-state index contributed by atoms with van der Waals surface area (Å²) < 4.78 is 11.5. The molecule has 1 aromatic carbocycles. The third-order valence-electron chi connectivity index (χ3n) is 4.08. The second kappa shape index (κ2) is 8.03. The minimum atomic E-state index is 0.262. The molecule has 2 unspecified atom stereocenters. The van der Waals surface area contributed by atoms with Gasteiger partial charge in [0.25, 0.3) is 0 Å². The zero-order valence-corrected chi connectivity index (χ0v) is 12.9. The number of hydrogen-bond acceptors (Lipinski definition) is 4. The van der Waals surface area contributed by atoms with Gasteiger partial charge in [-0.15, -0.1) is 0 Å². The van der Waals surface area contributed by atoms with Crippen LogP contribution < -0.4 is 4.74 Å². The molecule has 1 saturated carbocycles. The average molecular weight is 291 g/mol. The molecule has 0 aliphatic heterocycles. The number of aryl methyl sites for hydroxylation is 1. The molecule has 0 heterocycles. The summed E-state index contributed by atoms with van der Waals surface area (Å²) in [5.41, 5.74) is 1.98. The molecule has 0 bridgehead atoms. The first kappa shape index (κ1) is 15.8. The fourth-order valence-electron chi connectivity index (χ4n) is 2.73. The fourth-order valence-corrected chi connectivity index (χ4v) is 2.73. The van der Waals surface area contributed by atoms with Crippen LogP contribution >= 0.6 is 0 Å². The summed E-state index contributed by atoms with van der Waals surface area (Å²) in [5.74, 6) is 0.924. The maximum absolute atomic E-state index is 8.64. The normalized spacial score (nSPS) is 23.0. The molecule has 0 spiro atoms. The van der Waals surface area contributed by atoms with E-state index in [2.05, 4.69) is 17.3 Å². The van der Waals surface area contributed by atoms with Crippen molar-refractivity contribution >= 4 is 5.71 Å². The van der Waals surface area contributed by atoms with Crippen molar-refractivity contribution in [3.05, 3.63) is 29.8 Å². The van der Waals surface area contributed by atoms with E-state index in [0.717, 1.165) is 43.6 Å². The van der Waals surface area contributed by atoms with Crippen LogP contribution in [0.2, 0.25) is 0 Å². The molecular formula is C17H25NO3. The van der Waals surface area contributed by atoms with Crippen LogP contribution in [-0.2, 0) is 11.2 Å². The van der Waals surface area contributed by atoms with Crippen molar-refractivity contribution in [3.63, 3.8) is 0 Å². The highest BCUT2D eigenvalue weighted by Gasteiger charge is 2.22. The minimum Gasteiger partial charge on any atom is -0.490 e. The van der Waals surface area contributed by atoms with Gasteiger partial charge in [-0.2, -0.15) is 0 Å². The van der Waals surface area contributed by atoms with Crippen LogP contribution in [-0.4, -0.2) is 30.2 Å². The molecule has 1 aliphatic carbocycles. The number of ether oxygens (including phenoxy) is 2. The average Bonchev–Trinajstić information content (AvgIpc) is 2.54. The zero-order valence-electron chi connectivity index (χ0n) is 12.9. The van der Waals surface area contributed by atoms with Gasteiger partial charge in [-0.25, -0.2) is 0 Å². The molecule has 4 nitrogen and oxygen atoms in total. The van der Waals surface area contributed by atoms with E-state index in [1.165, 1.54) is 12.0 Å². The second-order valence-electron chi connectivity index (χ2n) is 5.74. The highest BCUT2D eigenvalue weighted by atomic mass is 16.5. The molecule has 0 radical (unpaired) electrons. The Bertz CT molecular complexity index is 456. The van der Waals surface area contributed by atoms with E-state index in [1.807, 2.05) is 19.1 Å². The summed E-state index contributed by atoms with van der Waals surface area (Å²) in [6.07, 6.45) is 6.64. The first-order valence-electron chi connectivity index (χ1n) is 7.67. The van der Waals surface area contributed by atoms with E-state index >= 15 is 0 Å². The maximum Gasteiger partial charge on any atom is 0.119 e. The summed E-state index contributed by atoms with van der Waals surface area (Å²) >= 11 is 0. The van der Waals surface area contributed by atoms with Gasteiger partial charge in [-0.1, -0.05) is 17.3 Å². The van der Waals surface area contributed by atoms with E-state index in [4.69, 9.17) is 14.7 Å². The number of methoxy groups -OCH3 is 1. The number of rotatable bonds is 6. The third-order valence-corrected chi connectivity index (χ3v) is 4.08. The first-order valence-corrected chi connectivity index (χ1v) is 7.67. The standard InChI is InChI=1S/C17H25NO3/c1-13(18-19)6-7-14-8-10-15(11-9-14)21-17-5-3-4-16(12-17)20-2/h8-11,16-17,19H,3-7,12H2,1-2H3. The predicted molar refractivity (Wildman–Crippen MR) is 83.3 cm³/mol.